The van der Waals surface area contributed by atoms with E-state index in [-0.39, 0.29) is 5.69 Å². The summed E-state index contributed by atoms with van der Waals surface area (Å²) in [5, 5.41) is 7.71. The van der Waals surface area contributed by atoms with Crippen LogP contribution in [0.15, 0.2) is 71.4 Å². The molecule has 0 radical (unpaired) electrons. The minimum Gasteiger partial charge on any atom is -0.494 e. The smallest absolute Gasteiger partial charge is 0.460 e. The van der Waals surface area contributed by atoms with Gasteiger partial charge >= 0.3 is 53.6 Å². The Bertz CT molecular complexity index is 1490. The van der Waals surface area contributed by atoms with Crippen molar-refractivity contribution in [3.05, 3.63) is 66.7 Å². The van der Waals surface area contributed by atoms with Crippen molar-refractivity contribution < 1.29 is 88.9 Å². The van der Waals surface area contributed by atoms with Crippen molar-refractivity contribution in [1.82, 2.24) is 0 Å². The number of hydrogen-bond donors (Lipinski definition) is 0. The van der Waals surface area contributed by atoms with E-state index in [4.69, 9.17) is 4.74 Å². The standard InChI is InChI=1S/C28H21F17N2O3/c1-2-3-4-14-49-19-11-9-18(10-12-19)47-46-17-7-5-16(6-8-17)20(48)50-15-13-21(29,30)22(31,32)23(33,34)24(35,36)25(37,38)26(39,40)27(41,42)28(43,44)45/h2,5-12H,1,3-4,13-15H2. The van der Waals surface area contributed by atoms with E-state index in [2.05, 4.69) is 21.5 Å². The van der Waals surface area contributed by atoms with E-state index in [1.54, 1.807) is 18.2 Å². The molecule has 50 heavy (non-hydrogen) atoms. The fraction of sp³-hybridized carbons (Fsp3) is 0.464. The molecule has 22 heteroatoms. The van der Waals surface area contributed by atoms with Gasteiger partial charge in [0.2, 0.25) is 0 Å². The summed E-state index contributed by atoms with van der Waals surface area (Å²) in [6.07, 6.45) is -7.53. The third-order valence-corrected chi connectivity index (χ3v) is 6.48. The number of esters is 1. The lowest BCUT2D eigenvalue weighted by Crippen LogP contribution is -2.74. The second-order valence-corrected chi connectivity index (χ2v) is 10.1. The molecule has 0 aliphatic carbocycles. The van der Waals surface area contributed by atoms with Gasteiger partial charge in [-0.3, -0.25) is 0 Å². The van der Waals surface area contributed by atoms with Gasteiger partial charge < -0.3 is 9.47 Å². The Morgan fingerprint density at radius 3 is 1.46 bits per heavy atom. The fourth-order valence-corrected chi connectivity index (χ4v) is 3.51. The molecule has 0 saturated heterocycles. The molecule has 0 aliphatic heterocycles. The van der Waals surface area contributed by atoms with Gasteiger partial charge in [0.25, 0.3) is 0 Å². The average molecular weight is 756 g/mol. The topological polar surface area (TPSA) is 60.2 Å². The summed E-state index contributed by atoms with van der Waals surface area (Å²) in [6.45, 7) is 1.95. The van der Waals surface area contributed by atoms with Crippen LogP contribution in [0, 0.1) is 0 Å². The monoisotopic (exact) mass is 756 g/mol. The molecule has 280 valence electrons. The number of rotatable bonds is 17. The molecule has 0 saturated carbocycles. The van der Waals surface area contributed by atoms with Crippen LogP contribution in [-0.4, -0.2) is 66.8 Å². The van der Waals surface area contributed by atoms with E-state index in [0.717, 1.165) is 37.1 Å². The van der Waals surface area contributed by atoms with Crippen LogP contribution in [0.1, 0.15) is 29.6 Å². The van der Waals surface area contributed by atoms with E-state index in [9.17, 15) is 79.4 Å². The van der Waals surface area contributed by atoms with E-state index >= 15 is 0 Å². The molecule has 2 rings (SSSR count). The lowest BCUT2D eigenvalue weighted by Gasteiger charge is -2.42. The van der Waals surface area contributed by atoms with Crippen LogP contribution in [0.2, 0.25) is 0 Å². The molecule has 0 amide bonds. The number of allylic oxidation sites excluding steroid dienone is 1. The van der Waals surface area contributed by atoms with Crippen LogP contribution in [0.25, 0.3) is 0 Å². The number of azo groups is 1. The van der Waals surface area contributed by atoms with Gasteiger partial charge in [-0.1, -0.05) is 6.08 Å². The van der Waals surface area contributed by atoms with Crippen molar-refractivity contribution in [2.75, 3.05) is 13.2 Å². The summed E-state index contributed by atoms with van der Waals surface area (Å²) >= 11 is 0. The molecule has 0 spiro atoms. The lowest BCUT2D eigenvalue weighted by molar-refractivity contribution is -0.461. The molecular formula is C28H21F17N2O3. The summed E-state index contributed by atoms with van der Waals surface area (Å²) in [5.74, 6) is -58.3. The van der Waals surface area contributed by atoms with E-state index in [1.807, 2.05) is 0 Å². The SMILES string of the molecule is C=CCCCOc1ccc(N=Nc2ccc(C(=O)OCCC(F)(F)C(F)(F)C(F)(F)C(F)(F)C(F)(F)C(F)(F)C(F)(F)C(F)(F)F)cc2)cc1. The molecule has 0 aliphatic rings. The summed E-state index contributed by atoms with van der Waals surface area (Å²) in [4.78, 5) is 12.0. The van der Waals surface area contributed by atoms with Crippen molar-refractivity contribution in [3.8, 4) is 5.75 Å². The van der Waals surface area contributed by atoms with Gasteiger partial charge in [0.15, 0.2) is 0 Å². The largest absolute Gasteiger partial charge is 0.494 e. The number of unbranched alkanes of at least 4 members (excludes halogenated alkanes) is 1. The number of carbonyl (C=O) groups excluding carboxylic acids is 1. The minimum atomic E-state index is -8.72. The number of halogens is 17. The summed E-state index contributed by atoms with van der Waals surface area (Å²) in [7, 11) is 0. The molecule has 0 atom stereocenters. The zero-order valence-electron chi connectivity index (χ0n) is 24.5. The number of benzene rings is 2. The molecule has 2 aromatic rings. The zero-order valence-corrected chi connectivity index (χ0v) is 24.5. The van der Waals surface area contributed by atoms with Crippen LogP contribution in [0.4, 0.5) is 86.0 Å². The molecular weight excluding hydrogens is 735 g/mol. The highest BCUT2D eigenvalue weighted by atomic mass is 19.4. The van der Waals surface area contributed by atoms with Gasteiger partial charge in [-0.25, -0.2) is 4.79 Å². The van der Waals surface area contributed by atoms with Gasteiger partial charge in [-0.15, -0.1) is 6.58 Å². The number of nitrogens with zero attached hydrogens (tertiary/aromatic N) is 2. The summed E-state index contributed by atoms with van der Waals surface area (Å²) in [5.41, 5.74) is -0.137. The van der Waals surface area contributed by atoms with Crippen LogP contribution in [0.3, 0.4) is 0 Å². The average Bonchev–Trinajstić information content (AvgIpc) is 3.01. The maximum Gasteiger partial charge on any atom is 0.460 e. The minimum absolute atomic E-state index is 0.0658. The number of ether oxygens (including phenoxy) is 2. The van der Waals surface area contributed by atoms with Crippen LogP contribution < -0.4 is 4.74 Å². The Morgan fingerprint density at radius 2 is 1.02 bits per heavy atom. The lowest BCUT2D eigenvalue weighted by atomic mass is 9.88. The summed E-state index contributed by atoms with van der Waals surface area (Å²) < 4.78 is 237. The highest BCUT2D eigenvalue weighted by Gasteiger charge is 2.95. The second kappa shape index (κ2) is 14.6. The molecule has 0 fully saturated rings. The molecule has 0 bridgehead atoms. The highest BCUT2D eigenvalue weighted by Crippen LogP contribution is 2.64. The molecule has 0 N–H and O–H groups in total. The molecule has 0 aromatic heterocycles. The highest BCUT2D eigenvalue weighted by molar-refractivity contribution is 5.89. The second-order valence-electron chi connectivity index (χ2n) is 10.1. The predicted molar refractivity (Wildman–Crippen MR) is 138 cm³/mol. The molecule has 2 aromatic carbocycles. The van der Waals surface area contributed by atoms with Crippen molar-refractivity contribution in [2.24, 2.45) is 10.2 Å². The quantitative estimate of drug-likeness (QED) is 0.0531. The van der Waals surface area contributed by atoms with Crippen molar-refractivity contribution in [2.45, 2.75) is 66.9 Å². The van der Waals surface area contributed by atoms with Crippen LogP contribution >= 0.6 is 0 Å². The number of carbonyl (C=O) groups is 1. The third kappa shape index (κ3) is 7.92. The first kappa shape index (κ1) is 42.0. The number of hydrogen-bond acceptors (Lipinski definition) is 5. The first-order valence-electron chi connectivity index (χ1n) is 13.4. The third-order valence-electron chi connectivity index (χ3n) is 6.48. The maximum absolute atomic E-state index is 14.0. The van der Waals surface area contributed by atoms with Crippen LogP contribution in [-0.2, 0) is 4.74 Å². The Kier molecular flexibility index (Phi) is 12.3. The Hall–Kier alpha value is -4.14. The van der Waals surface area contributed by atoms with E-state index in [1.165, 1.54) is 12.1 Å². The van der Waals surface area contributed by atoms with Gasteiger partial charge in [0, 0.05) is 0 Å². The van der Waals surface area contributed by atoms with E-state index < -0.39 is 72.2 Å². The Morgan fingerprint density at radius 1 is 0.600 bits per heavy atom. The van der Waals surface area contributed by atoms with Gasteiger partial charge in [0.1, 0.15) is 5.75 Å². The first-order valence-corrected chi connectivity index (χ1v) is 13.4. The zero-order chi connectivity index (χ0) is 38.6. The Labute approximate surface area is 269 Å². The fourth-order valence-electron chi connectivity index (χ4n) is 3.51. The van der Waals surface area contributed by atoms with Gasteiger partial charge in [-0.2, -0.15) is 84.9 Å². The molecule has 0 heterocycles. The molecule has 5 nitrogen and oxygen atoms in total. The summed E-state index contributed by atoms with van der Waals surface area (Å²) in [6, 6.07) is 10.2. The van der Waals surface area contributed by atoms with Crippen molar-refractivity contribution >= 4 is 17.3 Å². The molecule has 0 unspecified atom stereocenters. The van der Waals surface area contributed by atoms with E-state index in [0.29, 0.717) is 18.0 Å². The van der Waals surface area contributed by atoms with Crippen molar-refractivity contribution in [3.63, 3.8) is 0 Å². The first-order chi connectivity index (χ1) is 22.6. The normalized spacial score (nSPS) is 14.2. The maximum atomic E-state index is 14.0. The number of alkyl halides is 17. The van der Waals surface area contributed by atoms with Gasteiger partial charge in [-0.05, 0) is 61.4 Å². The predicted octanol–water partition coefficient (Wildman–Crippen LogP) is 11.0. The van der Waals surface area contributed by atoms with Gasteiger partial charge in [0.05, 0.1) is 36.6 Å². The van der Waals surface area contributed by atoms with Crippen LogP contribution in [0.5, 0.6) is 5.75 Å². The van der Waals surface area contributed by atoms with Crippen molar-refractivity contribution in [1.29, 1.82) is 0 Å². The Balaban J connectivity index is 2.10.